The van der Waals surface area contributed by atoms with Gasteiger partial charge in [0.15, 0.2) is 0 Å². The third-order valence-corrected chi connectivity index (χ3v) is 3.87. The lowest BCUT2D eigenvalue weighted by molar-refractivity contribution is 0.209. The van der Waals surface area contributed by atoms with E-state index in [0.717, 1.165) is 12.5 Å². The molecule has 1 unspecified atom stereocenters. The van der Waals surface area contributed by atoms with Gasteiger partial charge in [-0.1, -0.05) is 13.8 Å². The molecule has 3 nitrogen and oxygen atoms in total. The Bertz CT molecular complexity index is 206. The van der Waals surface area contributed by atoms with Crippen molar-refractivity contribution in [3.63, 3.8) is 0 Å². The highest BCUT2D eigenvalue weighted by Gasteiger charge is 2.25. The van der Waals surface area contributed by atoms with Gasteiger partial charge in [0.25, 0.3) is 0 Å². The van der Waals surface area contributed by atoms with Crippen molar-refractivity contribution in [2.24, 2.45) is 5.73 Å². The average Bonchev–Trinajstić information content (AvgIpc) is 2.67. The van der Waals surface area contributed by atoms with Gasteiger partial charge in [-0.15, -0.1) is 0 Å². The summed E-state index contributed by atoms with van der Waals surface area (Å²) >= 11 is 0. The molecule has 0 bridgehead atoms. The number of likely N-dealkylation sites (N-methyl/N-ethyl adjacent to an activating group) is 1. The van der Waals surface area contributed by atoms with E-state index in [4.69, 9.17) is 5.73 Å². The molecule has 1 aliphatic heterocycles. The maximum absolute atomic E-state index is 6.01. The summed E-state index contributed by atoms with van der Waals surface area (Å²) in [6.45, 7) is 14.9. The minimum Gasteiger partial charge on any atom is -0.326 e. The first-order chi connectivity index (χ1) is 7.96. The van der Waals surface area contributed by atoms with Crippen molar-refractivity contribution in [2.45, 2.75) is 58.5 Å². The van der Waals surface area contributed by atoms with Crippen LogP contribution in [0, 0.1) is 0 Å². The molecular formula is C14H31N3. The number of rotatable bonds is 7. The number of hydrogen-bond donors (Lipinski definition) is 1. The van der Waals surface area contributed by atoms with Gasteiger partial charge in [0, 0.05) is 18.1 Å². The fourth-order valence-electron chi connectivity index (χ4n) is 2.81. The van der Waals surface area contributed by atoms with Crippen LogP contribution in [0.4, 0.5) is 0 Å². The Morgan fingerprint density at radius 1 is 1.29 bits per heavy atom. The monoisotopic (exact) mass is 241 g/mol. The topological polar surface area (TPSA) is 32.5 Å². The van der Waals surface area contributed by atoms with Gasteiger partial charge in [-0.3, -0.25) is 4.90 Å². The van der Waals surface area contributed by atoms with Gasteiger partial charge in [-0.25, -0.2) is 0 Å². The SMILES string of the molecule is CCN(CC)C1CCN(CCCC(C)(C)N)C1. The second-order valence-corrected chi connectivity index (χ2v) is 6.06. The van der Waals surface area contributed by atoms with E-state index in [1.807, 2.05) is 0 Å². The largest absolute Gasteiger partial charge is 0.326 e. The summed E-state index contributed by atoms with van der Waals surface area (Å²) in [5, 5.41) is 0. The third kappa shape index (κ3) is 5.36. The van der Waals surface area contributed by atoms with E-state index < -0.39 is 0 Å². The molecule has 1 rings (SSSR count). The molecule has 0 aromatic rings. The van der Waals surface area contributed by atoms with Gasteiger partial charge >= 0.3 is 0 Å². The molecule has 1 heterocycles. The Balaban J connectivity index is 2.22. The molecule has 1 saturated heterocycles. The van der Waals surface area contributed by atoms with Crippen molar-refractivity contribution in [3.05, 3.63) is 0 Å². The molecule has 0 aliphatic carbocycles. The molecule has 17 heavy (non-hydrogen) atoms. The van der Waals surface area contributed by atoms with E-state index in [-0.39, 0.29) is 5.54 Å². The highest BCUT2D eigenvalue weighted by atomic mass is 15.2. The van der Waals surface area contributed by atoms with Crippen LogP contribution in [-0.4, -0.2) is 54.1 Å². The van der Waals surface area contributed by atoms with Crippen LogP contribution in [0.1, 0.15) is 47.0 Å². The minimum atomic E-state index is -0.00199. The lowest BCUT2D eigenvalue weighted by Crippen LogP contribution is -2.38. The van der Waals surface area contributed by atoms with E-state index in [1.54, 1.807) is 0 Å². The normalized spacial score (nSPS) is 22.6. The zero-order valence-electron chi connectivity index (χ0n) is 12.2. The first-order valence-corrected chi connectivity index (χ1v) is 7.21. The summed E-state index contributed by atoms with van der Waals surface area (Å²) in [6.07, 6.45) is 3.70. The zero-order chi connectivity index (χ0) is 12.9. The van der Waals surface area contributed by atoms with Crippen LogP contribution in [0.2, 0.25) is 0 Å². The highest BCUT2D eigenvalue weighted by molar-refractivity contribution is 4.83. The Labute approximate surface area is 107 Å². The fraction of sp³-hybridized carbons (Fsp3) is 1.00. The molecule has 0 spiro atoms. The van der Waals surface area contributed by atoms with E-state index in [9.17, 15) is 0 Å². The van der Waals surface area contributed by atoms with Crippen LogP contribution in [0.15, 0.2) is 0 Å². The maximum Gasteiger partial charge on any atom is 0.0235 e. The van der Waals surface area contributed by atoms with E-state index in [2.05, 4.69) is 37.5 Å². The second-order valence-electron chi connectivity index (χ2n) is 6.06. The van der Waals surface area contributed by atoms with Crippen LogP contribution in [0.5, 0.6) is 0 Å². The first-order valence-electron chi connectivity index (χ1n) is 7.21. The predicted octanol–water partition coefficient (Wildman–Crippen LogP) is 1.92. The average molecular weight is 241 g/mol. The van der Waals surface area contributed by atoms with Crippen molar-refractivity contribution in [1.82, 2.24) is 9.80 Å². The Morgan fingerprint density at radius 2 is 1.94 bits per heavy atom. The molecule has 0 amide bonds. The highest BCUT2D eigenvalue weighted by Crippen LogP contribution is 2.17. The van der Waals surface area contributed by atoms with Crippen LogP contribution < -0.4 is 5.73 Å². The molecule has 1 aliphatic rings. The molecule has 0 aromatic heterocycles. The standard InChI is InChI=1S/C14H31N3/c1-5-17(6-2)13-8-11-16(12-13)10-7-9-14(3,4)15/h13H,5-12,15H2,1-4H3. The number of nitrogens with two attached hydrogens (primary N) is 1. The summed E-state index contributed by atoms with van der Waals surface area (Å²) in [6, 6.07) is 0.788. The van der Waals surface area contributed by atoms with Gasteiger partial charge < -0.3 is 10.6 Å². The molecule has 0 radical (unpaired) electrons. The molecular weight excluding hydrogens is 210 g/mol. The van der Waals surface area contributed by atoms with Crippen molar-refractivity contribution in [2.75, 3.05) is 32.7 Å². The summed E-state index contributed by atoms with van der Waals surface area (Å²) in [4.78, 5) is 5.20. The molecule has 2 N–H and O–H groups in total. The summed E-state index contributed by atoms with van der Waals surface area (Å²) < 4.78 is 0. The van der Waals surface area contributed by atoms with E-state index in [0.29, 0.717) is 0 Å². The number of nitrogens with zero attached hydrogens (tertiary/aromatic N) is 2. The second kappa shape index (κ2) is 6.72. The van der Waals surface area contributed by atoms with Gasteiger partial charge in [0.05, 0.1) is 0 Å². The molecule has 102 valence electrons. The van der Waals surface area contributed by atoms with Gasteiger partial charge in [-0.05, 0) is 59.3 Å². The summed E-state index contributed by atoms with van der Waals surface area (Å²) in [5.41, 5.74) is 6.01. The Kier molecular flexibility index (Phi) is 5.90. The van der Waals surface area contributed by atoms with Crippen LogP contribution >= 0.6 is 0 Å². The predicted molar refractivity (Wildman–Crippen MR) is 75.3 cm³/mol. The molecule has 0 aromatic carbocycles. The van der Waals surface area contributed by atoms with Crippen LogP contribution in [-0.2, 0) is 0 Å². The maximum atomic E-state index is 6.01. The first kappa shape index (κ1) is 14.9. The summed E-state index contributed by atoms with van der Waals surface area (Å²) in [7, 11) is 0. The van der Waals surface area contributed by atoms with Crippen LogP contribution in [0.25, 0.3) is 0 Å². The number of likely N-dealkylation sites (tertiary alicyclic amines) is 1. The summed E-state index contributed by atoms with van der Waals surface area (Å²) in [5.74, 6) is 0. The van der Waals surface area contributed by atoms with Gasteiger partial charge in [0.1, 0.15) is 0 Å². The number of hydrogen-bond acceptors (Lipinski definition) is 3. The van der Waals surface area contributed by atoms with Crippen molar-refractivity contribution >= 4 is 0 Å². The zero-order valence-corrected chi connectivity index (χ0v) is 12.2. The quantitative estimate of drug-likeness (QED) is 0.739. The molecule has 1 atom stereocenters. The van der Waals surface area contributed by atoms with Crippen LogP contribution in [0.3, 0.4) is 0 Å². The van der Waals surface area contributed by atoms with E-state index in [1.165, 1.54) is 45.6 Å². The van der Waals surface area contributed by atoms with Crippen molar-refractivity contribution in [3.8, 4) is 0 Å². The van der Waals surface area contributed by atoms with Crippen molar-refractivity contribution < 1.29 is 0 Å². The van der Waals surface area contributed by atoms with Gasteiger partial charge in [-0.2, -0.15) is 0 Å². The minimum absolute atomic E-state index is 0.00199. The lowest BCUT2D eigenvalue weighted by atomic mass is 10.0. The molecule has 3 heteroatoms. The molecule has 0 saturated carbocycles. The van der Waals surface area contributed by atoms with Crippen molar-refractivity contribution in [1.29, 1.82) is 0 Å². The fourth-order valence-corrected chi connectivity index (χ4v) is 2.81. The smallest absolute Gasteiger partial charge is 0.0235 e. The van der Waals surface area contributed by atoms with E-state index >= 15 is 0 Å². The Hall–Kier alpha value is -0.120. The third-order valence-electron chi connectivity index (χ3n) is 3.87. The van der Waals surface area contributed by atoms with Gasteiger partial charge in [0.2, 0.25) is 0 Å². The Morgan fingerprint density at radius 3 is 2.47 bits per heavy atom. The molecule has 1 fully saturated rings. The lowest BCUT2D eigenvalue weighted by Gasteiger charge is -2.26.